The quantitative estimate of drug-likeness (QED) is 0.0952. The Morgan fingerprint density at radius 2 is 1.47 bits per heavy atom. The molecule has 0 spiro atoms. The van der Waals surface area contributed by atoms with E-state index in [0.717, 1.165) is 0 Å². The molecule has 2 aromatic rings. The van der Waals surface area contributed by atoms with Crippen molar-refractivity contribution in [3.8, 4) is 22.5 Å². The molecule has 0 unspecified atom stereocenters. The van der Waals surface area contributed by atoms with Crippen molar-refractivity contribution < 1.29 is 33.7 Å². The summed E-state index contributed by atoms with van der Waals surface area (Å²) in [6, 6.07) is 14.7. The minimum atomic E-state index is -5.60. The number of nitrogens with two attached hydrogens (primary N) is 2. The monoisotopic (exact) mass is 535 g/mol. The maximum atomic E-state index is 12.2. The van der Waals surface area contributed by atoms with Gasteiger partial charge in [-0.05, 0) is 0 Å². The van der Waals surface area contributed by atoms with Gasteiger partial charge >= 0.3 is 176 Å². The molecule has 154 valence electrons. The average Bonchev–Trinajstić information content (AvgIpc) is 2.64. The minimum absolute atomic E-state index is 0.177. The third-order valence-electron chi connectivity index (χ3n) is 4.71. The van der Waals surface area contributed by atoms with Crippen LogP contribution in [-0.2, 0) is 7.48 Å². The summed E-state index contributed by atoms with van der Waals surface area (Å²) in [5.74, 6) is -0.232. The summed E-state index contributed by atoms with van der Waals surface area (Å²) in [5, 5.41) is 6.01. The van der Waals surface area contributed by atoms with Gasteiger partial charge in [-0.15, -0.1) is 0 Å². The van der Waals surface area contributed by atoms with Crippen LogP contribution >= 0.6 is 0 Å². The predicted molar refractivity (Wildman–Crippen MR) is 109 cm³/mol. The molecular formula is C19H17As2N2O7+. The van der Waals surface area contributed by atoms with Crippen molar-refractivity contribution in [1.82, 2.24) is 0 Å². The van der Waals surface area contributed by atoms with Crippen molar-refractivity contribution in [3.05, 3.63) is 60.0 Å². The predicted octanol–water partition coefficient (Wildman–Crippen LogP) is -2.43. The number of anilines is 1. The van der Waals surface area contributed by atoms with E-state index in [4.69, 9.17) is 15.6 Å². The Labute approximate surface area is 175 Å². The fraction of sp³-hybridized carbons (Fsp3) is 0. The molecule has 0 fully saturated rings. The molecule has 2 aliphatic rings. The van der Waals surface area contributed by atoms with Crippen LogP contribution < -0.4 is 25.2 Å². The molecule has 9 nitrogen and oxygen atoms in total. The van der Waals surface area contributed by atoms with Crippen LogP contribution in [0.2, 0.25) is 0 Å². The molecule has 1 aliphatic carbocycles. The van der Waals surface area contributed by atoms with Crippen molar-refractivity contribution >= 4 is 53.7 Å². The molecule has 0 saturated carbocycles. The van der Waals surface area contributed by atoms with Crippen LogP contribution in [0.4, 0.5) is 5.69 Å². The SMILES string of the molecule is Nc1ccc2c(-c3ccccc3)c3ccc(=[NH2+])c([As](=O)(O)O)c-3oc2c1[As](=O)(O)O. The molecule has 1 heterocycles. The van der Waals surface area contributed by atoms with Crippen molar-refractivity contribution in [1.29, 1.82) is 0 Å². The van der Waals surface area contributed by atoms with Gasteiger partial charge < -0.3 is 0 Å². The summed E-state index contributed by atoms with van der Waals surface area (Å²) in [7, 11) is 0. The van der Waals surface area contributed by atoms with E-state index >= 15 is 0 Å². The van der Waals surface area contributed by atoms with Crippen molar-refractivity contribution in [2.45, 2.75) is 0 Å². The van der Waals surface area contributed by atoms with E-state index in [1.165, 1.54) is 12.1 Å². The van der Waals surface area contributed by atoms with E-state index in [1.807, 2.05) is 0 Å². The Balaban J connectivity index is 2.35. The fourth-order valence-corrected chi connectivity index (χ4v) is 7.07. The van der Waals surface area contributed by atoms with Crippen LogP contribution in [-0.4, -0.2) is 44.7 Å². The maximum absolute atomic E-state index is 12.2. The van der Waals surface area contributed by atoms with Crippen LogP contribution in [0.1, 0.15) is 0 Å². The van der Waals surface area contributed by atoms with Gasteiger partial charge in [-0.25, -0.2) is 0 Å². The molecule has 11 heteroatoms. The van der Waals surface area contributed by atoms with Gasteiger partial charge in [0.15, 0.2) is 0 Å². The first kappa shape index (κ1) is 20.7. The summed E-state index contributed by atoms with van der Waals surface area (Å²) in [5.41, 5.74) is 6.93. The van der Waals surface area contributed by atoms with Gasteiger partial charge in [0.25, 0.3) is 0 Å². The third-order valence-corrected chi connectivity index (χ3v) is 9.09. The van der Waals surface area contributed by atoms with Crippen LogP contribution in [0.3, 0.4) is 0 Å². The first-order valence-corrected chi connectivity index (χ1v) is 15.3. The van der Waals surface area contributed by atoms with Crippen LogP contribution in [0.25, 0.3) is 33.4 Å². The summed E-state index contributed by atoms with van der Waals surface area (Å²) >= 11 is -11.2. The van der Waals surface area contributed by atoms with E-state index < -0.39 is 37.0 Å². The van der Waals surface area contributed by atoms with E-state index in [2.05, 4.69) is 0 Å². The topological polar surface area (TPSA) is 180 Å². The fourth-order valence-electron chi connectivity index (χ4n) is 3.54. The Hall–Kier alpha value is -2.51. The number of hydrogen-bond acceptors (Lipinski definition) is 4. The molecular weight excluding hydrogens is 518 g/mol. The standard InChI is InChI=1S/C19H16As2N2O7/c22-13-8-6-11-15(10-4-2-1-3-5-10)12-7-9-14(23)17(21(27,28)29)19(12)30-18(11)16(13)20(24,25)26/h1-9,22H,23H2,(H2,24,25,26)(H2,27,28,29)/p+1. The molecule has 30 heavy (non-hydrogen) atoms. The van der Waals surface area contributed by atoms with Crippen LogP contribution in [0, 0.1) is 0 Å². The molecule has 0 saturated heterocycles. The summed E-state index contributed by atoms with van der Waals surface area (Å²) < 4.78 is 69.0. The molecule has 0 aromatic heterocycles. The van der Waals surface area contributed by atoms with Gasteiger partial charge in [0.1, 0.15) is 0 Å². The molecule has 8 N–H and O–H groups in total. The van der Waals surface area contributed by atoms with E-state index in [9.17, 15) is 23.9 Å². The Morgan fingerprint density at radius 1 is 0.833 bits per heavy atom. The van der Waals surface area contributed by atoms with E-state index in [-0.39, 0.29) is 22.4 Å². The molecule has 2 aromatic carbocycles. The second kappa shape index (κ2) is 7.03. The van der Waals surface area contributed by atoms with Crippen molar-refractivity contribution in [2.24, 2.45) is 0 Å². The number of fused-ring (bicyclic) bond motifs is 2. The first-order chi connectivity index (χ1) is 14.0. The van der Waals surface area contributed by atoms with Gasteiger partial charge in [0.05, 0.1) is 0 Å². The second-order valence-electron chi connectivity index (χ2n) is 6.69. The zero-order valence-electron chi connectivity index (χ0n) is 15.3. The van der Waals surface area contributed by atoms with Gasteiger partial charge in [-0.2, -0.15) is 0 Å². The summed E-state index contributed by atoms with van der Waals surface area (Å²) in [4.78, 5) is 0. The van der Waals surface area contributed by atoms with Gasteiger partial charge in [0, 0.05) is 0 Å². The summed E-state index contributed by atoms with van der Waals surface area (Å²) in [6.07, 6.45) is 0. The molecule has 0 atom stereocenters. The van der Waals surface area contributed by atoms with Crippen LogP contribution in [0.5, 0.6) is 0 Å². The van der Waals surface area contributed by atoms with Crippen molar-refractivity contribution in [2.75, 3.05) is 5.73 Å². The molecule has 1 aliphatic heterocycles. The van der Waals surface area contributed by atoms with Gasteiger partial charge in [-0.3, -0.25) is 0 Å². The van der Waals surface area contributed by atoms with Crippen molar-refractivity contribution in [3.63, 3.8) is 0 Å². The van der Waals surface area contributed by atoms with E-state index in [1.54, 1.807) is 42.5 Å². The normalized spacial score (nSPS) is 12.5. The first-order valence-electron chi connectivity index (χ1n) is 8.58. The third kappa shape index (κ3) is 3.36. The average molecular weight is 535 g/mol. The van der Waals surface area contributed by atoms with Crippen LogP contribution in [0.15, 0.2) is 59.0 Å². The number of benzene rings is 3. The Bertz CT molecular complexity index is 1420. The molecule has 0 bridgehead atoms. The molecule has 0 amide bonds. The Kier molecular flexibility index (Phi) is 4.86. The second-order valence-corrected chi connectivity index (χ2v) is 13.1. The number of nitrogen functional groups attached to an aromatic ring is 1. The number of rotatable bonds is 3. The summed E-state index contributed by atoms with van der Waals surface area (Å²) in [6.45, 7) is 0. The zero-order valence-corrected chi connectivity index (χ0v) is 19.0. The number of hydrogen-bond donors (Lipinski definition) is 6. The van der Waals surface area contributed by atoms with Gasteiger partial charge in [-0.1, -0.05) is 0 Å². The molecule has 0 radical (unpaired) electrons. The zero-order chi connectivity index (χ0) is 21.8. The Morgan fingerprint density at radius 3 is 2.07 bits per heavy atom. The van der Waals surface area contributed by atoms with E-state index in [0.29, 0.717) is 22.1 Å². The van der Waals surface area contributed by atoms with Gasteiger partial charge in [0.2, 0.25) is 0 Å². The molecule has 4 rings (SSSR count).